The van der Waals surface area contributed by atoms with Crippen molar-refractivity contribution < 1.29 is 72.7 Å². The summed E-state index contributed by atoms with van der Waals surface area (Å²) in [6, 6.07) is -3.92. The summed E-state index contributed by atoms with van der Waals surface area (Å²) >= 11 is 0. The first kappa shape index (κ1) is 48.5. The smallest absolute Gasteiger partial charge is 0.340 e. The molecular formula is C26H46F6N4O10P2S2. The van der Waals surface area contributed by atoms with E-state index in [1.165, 1.54) is 79.9 Å². The predicted molar refractivity (Wildman–Crippen MR) is 176 cm³/mol. The Bertz CT molecular complexity index is 1120. The van der Waals surface area contributed by atoms with Crippen LogP contribution in [0.25, 0.3) is 0 Å². The molecule has 4 N–H and O–H groups in total. The van der Waals surface area contributed by atoms with Crippen molar-refractivity contribution in [2.45, 2.75) is 130 Å². The molecule has 0 saturated heterocycles. The summed E-state index contributed by atoms with van der Waals surface area (Å²) in [6.45, 7) is 14.6. The fourth-order valence-corrected chi connectivity index (χ4v) is 9.52. The summed E-state index contributed by atoms with van der Waals surface area (Å²) in [7, 11) is -7.11. The Morgan fingerprint density at radius 2 is 0.760 bits per heavy atom. The fourth-order valence-electron chi connectivity index (χ4n) is 3.44. The Balaban J connectivity index is 6.07. The average molecular weight is 815 g/mol. The van der Waals surface area contributed by atoms with Crippen LogP contribution in [0.15, 0.2) is 0 Å². The Kier molecular flexibility index (Phi) is 20.0. The van der Waals surface area contributed by atoms with Gasteiger partial charge in [-0.3, -0.25) is 28.3 Å². The van der Waals surface area contributed by atoms with Crippen LogP contribution in [0, 0.1) is 0 Å². The number of amides is 4. The van der Waals surface area contributed by atoms with Crippen molar-refractivity contribution in [3.63, 3.8) is 0 Å². The van der Waals surface area contributed by atoms with Crippen LogP contribution in [0.1, 0.15) is 69.2 Å². The molecule has 0 heterocycles. The highest BCUT2D eigenvalue weighted by molar-refractivity contribution is 8.76. The minimum atomic E-state index is -5.42. The van der Waals surface area contributed by atoms with Gasteiger partial charge in [0.05, 0.1) is 24.4 Å². The molecule has 4 amide bonds. The summed E-state index contributed by atoms with van der Waals surface area (Å²) in [6.07, 6.45) is -13.5. The molecule has 0 fully saturated rings. The third kappa shape index (κ3) is 17.8. The number of rotatable bonds is 21. The predicted octanol–water partition coefficient (Wildman–Crippen LogP) is 5.47. The van der Waals surface area contributed by atoms with Gasteiger partial charge in [0.15, 0.2) is 0 Å². The fraction of sp³-hybridized carbons (Fsp3) is 0.846. The first-order chi connectivity index (χ1) is 22.5. The van der Waals surface area contributed by atoms with Crippen LogP contribution in [0.5, 0.6) is 0 Å². The zero-order valence-corrected chi connectivity index (χ0v) is 32.5. The summed E-state index contributed by atoms with van der Waals surface area (Å²) in [5, 5.41) is 7.40. The molecule has 50 heavy (non-hydrogen) atoms. The van der Waals surface area contributed by atoms with Gasteiger partial charge < -0.3 is 39.4 Å². The van der Waals surface area contributed by atoms with E-state index in [1.54, 1.807) is 0 Å². The number of nitrogens with one attached hydrogen (secondary N) is 4. The van der Waals surface area contributed by atoms with Crippen molar-refractivity contribution in [1.82, 2.24) is 21.3 Å². The molecule has 0 spiro atoms. The highest BCUT2D eigenvalue weighted by atomic mass is 33.1. The van der Waals surface area contributed by atoms with Gasteiger partial charge in [0.1, 0.15) is 23.6 Å². The molecule has 0 aliphatic rings. The number of halogens is 6. The van der Waals surface area contributed by atoms with Crippen LogP contribution in [0.4, 0.5) is 26.3 Å². The van der Waals surface area contributed by atoms with E-state index in [0.717, 1.165) is 0 Å². The summed E-state index contributed by atoms with van der Waals surface area (Å²) in [4.78, 5) is 49.6. The highest BCUT2D eigenvalue weighted by Gasteiger charge is 2.44. The van der Waals surface area contributed by atoms with E-state index in [-0.39, 0.29) is 0 Å². The van der Waals surface area contributed by atoms with Gasteiger partial charge in [-0.15, -0.1) is 0 Å². The minimum absolute atomic E-state index is 0.545. The van der Waals surface area contributed by atoms with Crippen LogP contribution in [0.3, 0.4) is 0 Å². The zero-order chi connectivity index (χ0) is 39.4. The molecule has 0 aliphatic heterocycles. The maximum Gasteiger partial charge on any atom is 0.471 e. The third-order valence-corrected chi connectivity index (χ3v) is 12.8. The van der Waals surface area contributed by atoms with Crippen molar-refractivity contribution in [2.75, 3.05) is 11.5 Å². The standard InChI is InChI=1S/C26H46F6N4O10P2S2/c1-13(2)43-47(41,44-14(3)4)17(9)33-21(37)19(35-23(39)25(27,28)29)11-49-50-12-20(36-24(40)26(30,31)32)22(38)34-18(10)48(42,45-15(5)6)46-16(7)8/h13-20H,11-12H2,1-10H3,(H,33,37)(H,34,38)(H,35,39)(H,36,40)/t17-,18+,19+,20-. The monoisotopic (exact) mass is 814 g/mol. The van der Waals surface area contributed by atoms with Crippen LogP contribution in [-0.2, 0) is 46.4 Å². The van der Waals surface area contributed by atoms with E-state index in [4.69, 9.17) is 18.1 Å². The molecule has 0 rings (SSSR count). The van der Waals surface area contributed by atoms with E-state index in [9.17, 15) is 54.7 Å². The summed E-state index contributed by atoms with van der Waals surface area (Å²) in [5.74, 6) is -11.7. The molecule has 0 bridgehead atoms. The molecule has 294 valence electrons. The Hall–Kier alpha value is -1.54. The Morgan fingerprint density at radius 3 is 0.960 bits per heavy atom. The SMILES string of the molecule is CC(C)OP(=O)(OC(C)C)[C@H](C)NC(=O)[C@H](CSSC[C@@H](NC(=O)C(F)(F)F)C(=O)N[C@H](C)P(=O)(OC(C)C)OC(C)C)NC(=O)C(F)(F)F. The average Bonchev–Trinajstić information content (AvgIpc) is 2.90. The highest BCUT2D eigenvalue weighted by Crippen LogP contribution is 2.55. The van der Waals surface area contributed by atoms with Crippen LogP contribution >= 0.6 is 36.8 Å². The van der Waals surface area contributed by atoms with Gasteiger partial charge >= 0.3 is 39.4 Å². The molecule has 4 atom stereocenters. The van der Waals surface area contributed by atoms with Gasteiger partial charge in [0.2, 0.25) is 11.8 Å². The molecular weight excluding hydrogens is 768 g/mol. The number of carbonyl (C=O) groups excluding carboxylic acids is 4. The van der Waals surface area contributed by atoms with Gasteiger partial charge in [-0.05, 0) is 69.2 Å². The van der Waals surface area contributed by atoms with Crippen molar-refractivity contribution >= 4 is 60.4 Å². The number of alkyl halides is 6. The van der Waals surface area contributed by atoms with Gasteiger partial charge in [0.25, 0.3) is 0 Å². The molecule has 0 aromatic carbocycles. The van der Waals surface area contributed by atoms with Gasteiger partial charge in [0, 0.05) is 11.5 Å². The molecule has 24 heteroatoms. The second kappa shape index (κ2) is 20.6. The maximum atomic E-state index is 13.4. The number of hydrogen-bond acceptors (Lipinski definition) is 12. The Morgan fingerprint density at radius 1 is 0.520 bits per heavy atom. The third-order valence-electron chi connectivity index (χ3n) is 5.39. The van der Waals surface area contributed by atoms with E-state index >= 15 is 0 Å². The van der Waals surface area contributed by atoms with Crippen LogP contribution in [0.2, 0.25) is 0 Å². The van der Waals surface area contributed by atoms with Crippen LogP contribution < -0.4 is 21.3 Å². The quantitative estimate of drug-likeness (QED) is 0.0496. The number of carbonyl (C=O) groups is 4. The van der Waals surface area contributed by atoms with Crippen molar-refractivity contribution in [3.8, 4) is 0 Å². The largest absolute Gasteiger partial charge is 0.471 e. The maximum absolute atomic E-state index is 13.4. The van der Waals surface area contributed by atoms with E-state index in [0.29, 0.717) is 21.6 Å². The number of hydrogen-bond donors (Lipinski definition) is 4. The lowest BCUT2D eigenvalue weighted by molar-refractivity contribution is -0.174. The van der Waals surface area contributed by atoms with E-state index < -0.39 is 111 Å². The molecule has 14 nitrogen and oxygen atoms in total. The Labute approximate surface area is 295 Å². The summed E-state index contributed by atoms with van der Waals surface area (Å²) in [5.41, 5.74) is 0. The second-order valence-corrected chi connectivity index (χ2v) is 18.8. The molecule has 0 radical (unpaired) electrons. The zero-order valence-electron chi connectivity index (χ0n) is 29.1. The molecule has 0 aromatic rings. The van der Waals surface area contributed by atoms with Crippen molar-refractivity contribution in [1.29, 1.82) is 0 Å². The molecule has 0 saturated carbocycles. The van der Waals surface area contributed by atoms with E-state index in [1.807, 2.05) is 0 Å². The van der Waals surface area contributed by atoms with Gasteiger partial charge in [-0.1, -0.05) is 21.6 Å². The van der Waals surface area contributed by atoms with Gasteiger partial charge in [-0.2, -0.15) is 26.3 Å². The lowest BCUT2D eigenvalue weighted by Gasteiger charge is -2.29. The van der Waals surface area contributed by atoms with E-state index in [2.05, 4.69) is 10.6 Å². The molecule has 0 aromatic heterocycles. The minimum Gasteiger partial charge on any atom is -0.340 e. The van der Waals surface area contributed by atoms with Crippen molar-refractivity contribution in [2.24, 2.45) is 0 Å². The van der Waals surface area contributed by atoms with Crippen molar-refractivity contribution in [3.05, 3.63) is 0 Å². The molecule has 0 aliphatic carbocycles. The topological polar surface area (TPSA) is 187 Å². The first-order valence-electron chi connectivity index (χ1n) is 15.1. The van der Waals surface area contributed by atoms with Crippen LogP contribution in [-0.4, -0.2) is 95.6 Å². The second-order valence-electron chi connectivity index (χ2n) is 11.7. The summed E-state index contributed by atoms with van der Waals surface area (Å²) < 4.78 is 127. The lowest BCUT2D eigenvalue weighted by atomic mass is 10.3. The molecule has 0 unspecified atom stereocenters. The van der Waals surface area contributed by atoms with Gasteiger partial charge in [-0.25, -0.2) is 0 Å². The first-order valence-corrected chi connectivity index (χ1v) is 20.8. The lowest BCUT2D eigenvalue weighted by Crippen LogP contribution is -2.54. The normalized spacial score (nSPS) is 15.5.